The van der Waals surface area contributed by atoms with Crippen molar-refractivity contribution in [2.24, 2.45) is 0 Å². The van der Waals surface area contributed by atoms with Crippen LogP contribution < -0.4 is 0 Å². The minimum atomic E-state index is -1.09. The zero-order valence-electron chi connectivity index (χ0n) is 15.9. The number of aromatic nitrogens is 1. The second-order valence-electron chi connectivity index (χ2n) is 5.39. The molecule has 1 rings (SSSR count). The van der Waals surface area contributed by atoms with Crippen LogP contribution >= 0.6 is 0 Å². The van der Waals surface area contributed by atoms with E-state index in [0.717, 1.165) is 12.3 Å². The number of hydrogen-bond donors (Lipinski definition) is 0. The van der Waals surface area contributed by atoms with E-state index in [1.165, 1.54) is 6.07 Å². The third-order valence-corrected chi connectivity index (χ3v) is 2.61. The van der Waals surface area contributed by atoms with Crippen LogP contribution in [0.1, 0.15) is 53.0 Å². The van der Waals surface area contributed by atoms with E-state index in [-0.39, 0.29) is 23.6 Å². The zero-order valence-corrected chi connectivity index (χ0v) is 15.9. The average molecular weight is 356 g/mol. The number of ether oxygens (including phenoxy) is 2. The van der Waals surface area contributed by atoms with E-state index in [9.17, 15) is 19.7 Å². The maximum absolute atomic E-state index is 11.4. The molecule has 0 saturated heterocycles. The van der Waals surface area contributed by atoms with Gasteiger partial charge in [-0.2, -0.15) is 0 Å². The summed E-state index contributed by atoms with van der Waals surface area (Å²) >= 11 is 0. The van der Waals surface area contributed by atoms with Gasteiger partial charge in [0.1, 0.15) is 18.4 Å². The quantitative estimate of drug-likeness (QED) is 0.262. The molecule has 1 heterocycles. The first-order valence-electron chi connectivity index (χ1n) is 7.93. The van der Waals surface area contributed by atoms with Crippen molar-refractivity contribution < 1.29 is 24.0 Å². The van der Waals surface area contributed by atoms with E-state index in [2.05, 4.69) is 4.98 Å². The van der Waals surface area contributed by atoms with Gasteiger partial charge in [0.25, 0.3) is 0 Å². The highest BCUT2D eigenvalue weighted by Crippen LogP contribution is 2.16. The van der Waals surface area contributed by atoms with E-state index in [4.69, 9.17) is 9.47 Å². The molecule has 8 nitrogen and oxygen atoms in total. The van der Waals surface area contributed by atoms with Crippen LogP contribution in [0.15, 0.2) is 18.3 Å². The van der Waals surface area contributed by atoms with Gasteiger partial charge < -0.3 is 24.4 Å². The van der Waals surface area contributed by atoms with Gasteiger partial charge in [0.15, 0.2) is 0 Å². The molecule has 0 saturated carbocycles. The molecule has 0 spiro atoms. The van der Waals surface area contributed by atoms with Crippen LogP contribution in [0.4, 0.5) is 5.82 Å². The summed E-state index contributed by atoms with van der Waals surface area (Å²) in [5.41, 5.74) is 0.309. The Morgan fingerprint density at radius 2 is 1.88 bits per heavy atom. The number of hydrogen-bond acceptors (Lipinski definition) is 7. The highest BCUT2D eigenvalue weighted by Gasteiger charge is 2.23. The number of rotatable bonds is 5. The van der Waals surface area contributed by atoms with Gasteiger partial charge in [-0.15, -0.1) is 0 Å². The second kappa shape index (κ2) is 13.0. The number of methoxy groups -OCH3 is 1. The van der Waals surface area contributed by atoms with Crippen LogP contribution in [0.3, 0.4) is 0 Å². The van der Waals surface area contributed by atoms with Gasteiger partial charge in [0.05, 0.1) is 12.2 Å². The Bertz CT molecular complexity index is 523. The summed E-state index contributed by atoms with van der Waals surface area (Å²) in [6.45, 7) is 11.8. The van der Waals surface area contributed by atoms with E-state index in [1.807, 2.05) is 34.6 Å². The molecule has 0 fully saturated rings. The maximum Gasteiger partial charge on any atom is 0.363 e. The van der Waals surface area contributed by atoms with Crippen molar-refractivity contribution in [2.75, 3.05) is 13.7 Å². The summed E-state index contributed by atoms with van der Waals surface area (Å²) in [5.74, 6) is -2.14. The summed E-state index contributed by atoms with van der Waals surface area (Å²) in [4.78, 5) is 35.4. The lowest BCUT2D eigenvalue weighted by Gasteiger charge is -2.14. The standard InChI is InChI=1S/C10H10N2O5.C5H12O.C2H6/c1-2-17-10(14)8(6-13)7-3-4-9(11-5-7)12(15)16;1-5(2,3)6-4;1-2/h3-6,8H,2H2,1H3;1-4H3;1-2H3. The first-order valence-corrected chi connectivity index (χ1v) is 7.93. The van der Waals surface area contributed by atoms with Crippen LogP contribution in [0.5, 0.6) is 0 Å². The SMILES string of the molecule is CC.CCOC(=O)C(C=O)c1ccc([N+](=O)[O-])nc1.COC(C)(C)C. The Morgan fingerprint density at radius 1 is 1.36 bits per heavy atom. The van der Waals surface area contributed by atoms with Gasteiger partial charge in [0, 0.05) is 18.7 Å². The maximum atomic E-state index is 11.4. The molecule has 25 heavy (non-hydrogen) atoms. The lowest BCUT2D eigenvalue weighted by atomic mass is 10.0. The number of nitrogens with zero attached hydrogens (tertiary/aromatic N) is 2. The number of carbonyl (C=O) groups excluding carboxylic acids is 2. The molecule has 0 aromatic carbocycles. The fourth-order valence-corrected chi connectivity index (χ4v) is 1.19. The third-order valence-electron chi connectivity index (χ3n) is 2.61. The monoisotopic (exact) mass is 356 g/mol. The number of nitro groups is 1. The molecular formula is C17H28N2O6. The number of esters is 1. The minimum Gasteiger partial charge on any atom is -0.465 e. The van der Waals surface area contributed by atoms with E-state index < -0.39 is 16.8 Å². The second-order valence-corrected chi connectivity index (χ2v) is 5.39. The molecule has 1 aromatic rings. The van der Waals surface area contributed by atoms with Crippen LogP contribution in [0.25, 0.3) is 0 Å². The van der Waals surface area contributed by atoms with Crippen molar-refractivity contribution in [2.45, 2.75) is 53.1 Å². The predicted octanol–water partition coefficient (Wildman–Crippen LogP) is 3.29. The van der Waals surface area contributed by atoms with Crippen LogP contribution in [-0.4, -0.2) is 41.5 Å². The molecule has 0 bridgehead atoms. The fraction of sp³-hybridized carbons (Fsp3) is 0.588. The smallest absolute Gasteiger partial charge is 0.363 e. The Labute approximate surface area is 148 Å². The molecule has 1 atom stereocenters. The predicted molar refractivity (Wildman–Crippen MR) is 94.4 cm³/mol. The van der Waals surface area contributed by atoms with E-state index >= 15 is 0 Å². The van der Waals surface area contributed by atoms with Gasteiger partial charge in [-0.05, 0) is 43.7 Å². The molecule has 0 aliphatic heterocycles. The minimum absolute atomic E-state index is 0.0417. The Balaban J connectivity index is 0. The van der Waals surface area contributed by atoms with Crippen LogP contribution in [0.2, 0.25) is 0 Å². The molecule has 0 N–H and O–H groups in total. The Morgan fingerprint density at radius 3 is 2.16 bits per heavy atom. The summed E-state index contributed by atoms with van der Waals surface area (Å²) in [6, 6.07) is 2.44. The number of aldehydes is 1. The van der Waals surface area contributed by atoms with Crippen molar-refractivity contribution in [3.8, 4) is 0 Å². The number of pyridine rings is 1. The van der Waals surface area contributed by atoms with E-state index in [1.54, 1.807) is 14.0 Å². The van der Waals surface area contributed by atoms with Crippen molar-refractivity contribution in [3.63, 3.8) is 0 Å². The molecule has 1 aromatic heterocycles. The summed E-state index contributed by atoms with van der Waals surface area (Å²) < 4.78 is 9.63. The molecule has 8 heteroatoms. The van der Waals surface area contributed by atoms with Crippen molar-refractivity contribution in [1.29, 1.82) is 0 Å². The lowest BCUT2D eigenvalue weighted by Crippen LogP contribution is -2.17. The Kier molecular flexibility index (Phi) is 12.9. The van der Waals surface area contributed by atoms with Gasteiger partial charge in [0.2, 0.25) is 0 Å². The van der Waals surface area contributed by atoms with Crippen molar-refractivity contribution in [1.82, 2.24) is 4.98 Å². The van der Waals surface area contributed by atoms with Gasteiger partial charge in [-0.25, -0.2) is 0 Å². The molecule has 0 aliphatic rings. The fourth-order valence-electron chi connectivity index (χ4n) is 1.19. The van der Waals surface area contributed by atoms with Crippen LogP contribution in [-0.2, 0) is 19.1 Å². The molecule has 142 valence electrons. The van der Waals surface area contributed by atoms with Gasteiger partial charge >= 0.3 is 11.8 Å². The average Bonchev–Trinajstić information content (AvgIpc) is 2.58. The topological polar surface area (TPSA) is 109 Å². The first-order chi connectivity index (χ1) is 11.7. The summed E-state index contributed by atoms with van der Waals surface area (Å²) in [7, 11) is 1.71. The highest BCUT2D eigenvalue weighted by atomic mass is 16.6. The normalized spacial score (nSPS) is 11.0. The first kappa shape index (κ1) is 24.9. The van der Waals surface area contributed by atoms with Crippen LogP contribution in [0, 0.1) is 10.1 Å². The Hall–Kier alpha value is -2.35. The van der Waals surface area contributed by atoms with Gasteiger partial charge in [-0.1, -0.05) is 13.8 Å². The molecule has 0 radical (unpaired) electrons. The third kappa shape index (κ3) is 10.9. The molecular weight excluding hydrogens is 328 g/mol. The van der Waals surface area contributed by atoms with Gasteiger partial charge in [-0.3, -0.25) is 4.79 Å². The van der Waals surface area contributed by atoms with E-state index in [0.29, 0.717) is 6.29 Å². The zero-order chi connectivity index (χ0) is 20.0. The van der Waals surface area contributed by atoms with Crippen molar-refractivity contribution in [3.05, 3.63) is 34.0 Å². The largest absolute Gasteiger partial charge is 0.465 e. The highest BCUT2D eigenvalue weighted by molar-refractivity contribution is 5.94. The summed E-state index contributed by atoms with van der Waals surface area (Å²) in [6.07, 6.45) is 1.54. The lowest BCUT2D eigenvalue weighted by molar-refractivity contribution is -0.389. The van der Waals surface area contributed by atoms with Crippen molar-refractivity contribution >= 4 is 18.1 Å². The molecule has 0 aliphatic carbocycles. The number of carbonyl (C=O) groups is 2. The molecule has 1 unspecified atom stereocenters. The summed E-state index contributed by atoms with van der Waals surface area (Å²) in [5, 5.41) is 10.4. The molecule has 0 amide bonds.